The molecule has 15 heteroatoms. The zero-order chi connectivity index (χ0) is 40.2. The summed E-state index contributed by atoms with van der Waals surface area (Å²) in [5, 5.41) is 12.4. The summed E-state index contributed by atoms with van der Waals surface area (Å²) in [4.78, 5) is 42.6. The maximum absolute atomic E-state index is 14.5. The van der Waals surface area contributed by atoms with Gasteiger partial charge in [0.15, 0.2) is 6.23 Å². The zero-order valence-corrected chi connectivity index (χ0v) is 33.4. The van der Waals surface area contributed by atoms with Gasteiger partial charge in [-0.1, -0.05) is 54.6 Å². The van der Waals surface area contributed by atoms with Crippen LogP contribution in [0.5, 0.6) is 11.5 Å². The Hall–Kier alpha value is -4.87. The van der Waals surface area contributed by atoms with Gasteiger partial charge >= 0.3 is 5.69 Å². The number of aryl methyl sites for hydroxylation is 1. The highest BCUT2D eigenvalue weighted by Gasteiger charge is 2.69. The van der Waals surface area contributed by atoms with Crippen LogP contribution in [-0.4, -0.2) is 77.4 Å². The summed E-state index contributed by atoms with van der Waals surface area (Å²) in [5.74, 6) is 0.782. The van der Waals surface area contributed by atoms with Gasteiger partial charge in [0, 0.05) is 23.8 Å². The molecule has 14 nitrogen and oxygen atoms in total. The molecule has 2 aliphatic rings. The van der Waals surface area contributed by atoms with Gasteiger partial charge in [-0.3, -0.25) is 19.1 Å². The summed E-state index contributed by atoms with van der Waals surface area (Å²) in [6, 6.07) is 25.7. The Balaban J connectivity index is 1.52. The number of nitrogens with zero attached hydrogens (tertiary/aromatic N) is 3. The summed E-state index contributed by atoms with van der Waals surface area (Å²) in [6.45, 7) is 9.36. The lowest BCUT2D eigenvalue weighted by Gasteiger charge is -2.41. The van der Waals surface area contributed by atoms with Crippen molar-refractivity contribution in [2.24, 2.45) is 0 Å². The fraction of sp³-hybridized carbons (Fsp3) is 0.415. The van der Waals surface area contributed by atoms with Crippen molar-refractivity contribution in [2.45, 2.75) is 82.7 Å². The molecule has 4 aromatic rings. The predicted octanol–water partition coefficient (Wildman–Crippen LogP) is 5.30. The second-order valence-electron chi connectivity index (χ2n) is 14.2. The summed E-state index contributed by atoms with van der Waals surface area (Å²) in [7, 11) is 1.29. The fourth-order valence-corrected chi connectivity index (χ4v) is 9.22. The minimum absolute atomic E-state index is 0.0461. The number of H-pyrrole nitrogens is 1. The van der Waals surface area contributed by atoms with Crippen LogP contribution in [0.25, 0.3) is 0 Å². The molecule has 0 spiro atoms. The van der Waals surface area contributed by atoms with Gasteiger partial charge in [-0.15, -0.1) is 0 Å². The number of nitrogens with one attached hydrogen (secondary N) is 2. The van der Waals surface area contributed by atoms with E-state index >= 15 is 0 Å². The first-order valence-electron chi connectivity index (χ1n) is 18.4. The number of methoxy groups -OCH3 is 2. The van der Waals surface area contributed by atoms with E-state index in [2.05, 4.69) is 21.0 Å². The number of carbonyl (C=O) groups is 1. The van der Waals surface area contributed by atoms with Crippen LogP contribution in [0.3, 0.4) is 0 Å². The van der Waals surface area contributed by atoms with Crippen molar-refractivity contribution in [3.05, 3.63) is 128 Å². The van der Waals surface area contributed by atoms with Gasteiger partial charge < -0.3 is 33.3 Å². The van der Waals surface area contributed by atoms with Crippen molar-refractivity contribution in [3.63, 3.8) is 0 Å². The highest BCUT2D eigenvalue weighted by atomic mass is 31.2. The number of amides is 1. The Morgan fingerprint density at radius 3 is 2.02 bits per heavy atom. The molecule has 2 N–H and O–H groups in total. The van der Waals surface area contributed by atoms with Gasteiger partial charge in [-0.25, -0.2) is 9.46 Å². The molecule has 1 unspecified atom stereocenters. The largest absolute Gasteiger partial charge is 0.497 e. The minimum atomic E-state index is -1.90. The first kappa shape index (κ1) is 40.8. The molecule has 0 saturated carbocycles. The van der Waals surface area contributed by atoms with Gasteiger partial charge in [0.2, 0.25) is 5.60 Å². The van der Waals surface area contributed by atoms with E-state index in [1.165, 1.54) is 10.8 Å². The number of ether oxygens (including phenoxy) is 4. The maximum atomic E-state index is 14.5. The van der Waals surface area contributed by atoms with E-state index in [1.54, 1.807) is 21.1 Å². The molecule has 1 amide bonds. The molecular formula is C41H48N5O9P. The number of benzene rings is 3. The number of morpholine rings is 1. The van der Waals surface area contributed by atoms with Crippen LogP contribution in [0, 0.1) is 18.3 Å². The highest BCUT2D eigenvalue weighted by molar-refractivity contribution is 7.44. The smallest absolute Gasteiger partial charge is 0.330 e. The third-order valence-corrected chi connectivity index (χ3v) is 12.2. The second kappa shape index (κ2) is 17.1. The Morgan fingerprint density at radius 2 is 1.48 bits per heavy atom. The van der Waals surface area contributed by atoms with Crippen LogP contribution in [0.15, 0.2) is 94.6 Å². The van der Waals surface area contributed by atoms with Crippen LogP contribution in [-0.2, 0) is 28.9 Å². The molecule has 3 heterocycles. The van der Waals surface area contributed by atoms with Gasteiger partial charge in [0.1, 0.15) is 29.2 Å². The van der Waals surface area contributed by atoms with Gasteiger partial charge in [-0.2, -0.15) is 5.26 Å². The topological polar surface area (TPSA) is 166 Å². The quantitative estimate of drug-likeness (QED) is 0.0811. The van der Waals surface area contributed by atoms with Crippen molar-refractivity contribution < 1.29 is 32.8 Å². The molecule has 0 radical (unpaired) electrons. The molecule has 3 aromatic carbocycles. The van der Waals surface area contributed by atoms with E-state index in [-0.39, 0.29) is 37.3 Å². The Labute approximate surface area is 327 Å². The van der Waals surface area contributed by atoms with Crippen LogP contribution >= 0.6 is 8.53 Å². The molecule has 1 aromatic heterocycles. The molecule has 0 aliphatic carbocycles. The number of hydrogen-bond donors (Lipinski definition) is 2. The monoisotopic (exact) mass is 785 g/mol. The van der Waals surface area contributed by atoms with Crippen molar-refractivity contribution in [1.82, 2.24) is 19.5 Å². The van der Waals surface area contributed by atoms with Crippen molar-refractivity contribution in [2.75, 3.05) is 27.4 Å². The molecule has 56 heavy (non-hydrogen) atoms. The van der Waals surface area contributed by atoms with Gasteiger partial charge in [-0.05, 0) is 75.6 Å². The standard InChI is InChI=1S/C41H48N5O9P/c1-26(2)46(27(3)4)56(53-23-11-22-42)55-35-34-37(45-24-28(5)36(47)44-39(45)49)54-40(35,38(48)43-34)25-52-41(29-12-9-8-10-13-29,30-14-18-32(50-6)19-15-30)31-16-20-33(51-7)21-17-31/h8-10,12-21,24,26-27,34-35,37H,11,23,25H2,1-7H3,(H,43,48)(H,44,47,49)/t34-,35+,37-,40-,56?/m1/s1. The molecule has 296 valence electrons. The van der Waals surface area contributed by atoms with Crippen LogP contribution in [0.2, 0.25) is 0 Å². The van der Waals surface area contributed by atoms with Gasteiger partial charge in [0.25, 0.3) is 20.0 Å². The molecule has 2 aliphatic heterocycles. The number of hydrogen-bond acceptors (Lipinski definition) is 11. The highest BCUT2D eigenvalue weighted by Crippen LogP contribution is 2.55. The third-order valence-electron chi connectivity index (χ3n) is 10.1. The normalized spacial score (nSPS) is 21.0. The average Bonchev–Trinajstić information content (AvgIpc) is 3.63. The lowest BCUT2D eigenvalue weighted by atomic mass is 9.79. The van der Waals surface area contributed by atoms with Crippen molar-refractivity contribution >= 4 is 14.4 Å². The number of fused-ring (bicyclic) bond motifs is 2. The SMILES string of the molecule is COc1ccc(C(OC[C@]23O[C@@H](n4cc(C)c(=O)[nH]c4=O)[C@H](NC2=O)[C@@H]3OP(OCCC#N)N(C(C)C)C(C)C)(c2ccccc2)c2ccc(OC)cc2)cc1. The zero-order valence-electron chi connectivity index (χ0n) is 32.6. The summed E-state index contributed by atoms with van der Waals surface area (Å²) in [6.07, 6.45) is -0.624. The van der Waals surface area contributed by atoms with Crippen LogP contribution in [0.4, 0.5) is 0 Å². The van der Waals surface area contributed by atoms with Crippen LogP contribution in [0.1, 0.15) is 62.6 Å². The average molecular weight is 786 g/mol. The predicted molar refractivity (Wildman–Crippen MR) is 209 cm³/mol. The van der Waals surface area contributed by atoms with E-state index in [1.807, 2.05) is 107 Å². The number of rotatable bonds is 17. The maximum Gasteiger partial charge on any atom is 0.330 e. The van der Waals surface area contributed by atoms with Crippen molar-refractivity contribution in [3.8, 4) is 17.6 Å². The molecule has 2 saturated heterocycles. The lowest BCUT2D eigenvalue weighted by Crippen LogP contribution is -2.54. The van der Waals surface area contributed by atoms with E-state index in [9.17, 15) is 19.6 Å². The molecule has 5 atom stereocenters. The van der Waals surface area contributed by atoms with E-state index in [0.717, 1.165) is 16.7 Å². The molecule has 6 rings (SSSR count). The summed E-state index contributed by atoms with van der Waals surface area (Å²) < 4.78 is 41.6. The van der Waals surface area contributed by atoms with E-state index < -0.39 is 55.3 Å². The lowest BCUT2D eigenvalue weighted by molar-refractivity contribution is -0.181. The first-order chi connectivity index (χ1) is 26.9. The molecular weight excluding hydrogens is 737 g/mol. The molecule has 2 bridgehead atoms. The summed E-state index contributed by atoms with van der Waals surface area (Å²) >= 11 is 0. The number of nitriles is 1. The van der Waals surface area contributed by atoms with Crippen molar-refractivity contribution in [1.29, 1.82) is 5.26 Å². The Kier molecular flexibility index (Phi) is 12.5. The second-order valence-corrected chi connectivity index (χ2v) is 15.6. The van der Waals surface area contributed by atoms with Crippen LogP contribution < -0.4 is 26.0 Å². The van der Waals surface area contributed by atoms with E-state index in [4.69, 9.17) is 28.0 Å². The van der Waals surface area contributed by atoms with E-state index in [0.29, 0.717) is 11.5 Å². The minimum Gasteiger partial charge on any atom is -0.497 e. The molecule has 2 fully saturated rings. The fourth-order valence-electron chi connectivity index (χ4n) is 7.42. The number of carbonyl (C=O) groups excluding carboxylic acids is 1. The summed E-state index contributed by atoms with van der Waals surface area (Å²) in [5.41, 5.74) is -1.92. The third kappa shape index (κ3) is 7.63. The number of aromatic amines is 1. The van der Waals surface area contributed by atoms with Gasteiger partial charge in [0.05, 0.1) is 39.9 Å². The number of aromatic nitrogens is 2. The Bertz CT molecular complexity index is 2080. The Morgan fingerprint density at radius 1 is 0.911 bits per heavy atom. The first-order valence-corrected chi connectivity index (χ1v) is 19.6.